The van der Waals surface area contributed by atoms with Crippen molar-refractivity contribution in [1.82, 2.24) is 15.0 Å². The fourth-order valence-electron chi connectivity index (χ4n) is 2.33. The Morgan fingerprint density at radius 1 is 1.05 bits per heavy atom. The maximum Gasteiger partial charge on any atom is 0.155 e. The highest BCUT2D eigenvalue weighted by atomic mass is 19.1. The standard InChI is InChI=1S/C16H15FN4/c1-10-3-8-14(11(2)9-10)15-16(18)21(20-19-15)13-6-4-12(17)5-7-13/h3-9H,18H2,1-2H3. The molecule has 0 aliphatic carbocycles. The molecule has 2 N–H and O–H groups in total. The first kappa shape index (κ1) is 13.3. The van der Waals surface area contributed by atoms with E-state index in [2.05, 4.69) is 16.4 Å². The Bertz CT molecular complexity index is 791. The molecule has 0 unspecified atom stereocenters. The summed E-state index contributed by atoms with van der Waals surface area (Å²) in [5, 5.41) is 8.24. The molecule has 4 nitrogen and oxygen atoms in total. The van der Waals surface area contributed by atoms with Gasteiger partial charge in [-0.25, -0.2) is 4.39 Å². The van der Waals surface area contributed by atoms with Gasteiger partial charge in [-0.3, -0.25) is 0 Å². The van der Waals surface area contributed by atoms with Gasteiger partial charge in [0.15, 0.2) is 5.82 Å². The summed E-state index contributed by atoms with van der Waals surface area (Å²) >= 11 is 0. The molecule has 0 aliphatic heterocycles. The van der Waals surface area contributed by atoms with Gasteiger partial charge in [0.1, 0.15) is 11.5 Å². The maximum atomic E-state index is 13.0. The minimum Gasteiger partial charge on any atom is -0.382 e. The fourth-order valence-corrected chi connectivity index (χ4v) is 2.33. The Hall–Kier alpha value is -2.69. The Kier molecular flexibility index (Phi) is 3.17. The van der Waals surface area contributed by atoms with Crippen LogP contribution in [-0.4, -0.2) is 15.0 Å². The van der Waals surface area contributed by atoms with Crippen LogP contribution in [0.5, 0.6) is 0 Å². The van der Waals surface area contributed by atoms with Crippen molar-refractivity contribution in [2.45, 2.75) is 13.8 Å². The van der Waals surface area contributed by atoms with E-state index in [1.165, 1.54) is 22.4 Å². The smallest absolute Gasteiger partial charge is 0.155 e. The third kappa shape index (κ3) is 2.38. The number of nitrogen functional groups attached to an aromatic ring is 1. The van der Waals surface area contributed by atoms with Crippen molar-refractivity contribution in [1.29, 1.82) is 0 Å². The lowest BCUT2D eigenvalue weighted by molar-refractivity contribution is 0.627. The molecule has 0 spiro atoms. The molecule has 3 aromatic rings. The molecule has 0 fully saturated rings. The number of hydrogen-bond acceptors (Lipinski definition) is 3. The Morgan fingerprint density at radius 2 is 1.76 bits per heavy atom. The van der Waals surface area contributed by atoms with Crippen molar-refractivity contribution in [3.63, 3.8) is 0 Å². The molecule has 5 heteroatoms. The van der Waals surface area contributed by atoms with E-state index in [9.17, 15) is 4.39 Å². The Morgan fingerprint density at radius 3 is 2.43 bits per heavy atom. The van der Waals surface area contributed by atoms with E-state index in [0.29, 0.717) is 17.2 Å². The number of benzene rings is 2. The van der Waals surface area contributed by atoms with Gasteiger partial charge in [-0.15, -0.1) is 5.10 Å². The number of aromatic nitrogens is 3. The van der Waals surface area contributed by atoms with Crippen LogP contribution in [-0.2, 0) is 0 Å². The van der Waals surface area contributed by atoms with E-state index in [4.69, 9.17) is 5.73 Å². The third-order valence-electron chi connectivity index (χ3n) is 3.41. The molecule has 1 aromatic heterocycles. The van der Waals surface area contributed by atoms with Crippen molar-refractivity contribution in [3.05, 3.63) is 59.4 Å². The number of anilines is 1. The highest BCUT2D eigenvalue weighted by Gasteiger charge is 2.14. The number of rotatable bonds is 2. The zero-order valence-electron chi connectivity index (χ0n) is 11.8. The van der Waals surface area contributed by atoms with Crippen molar-refractivity contribution in [3.8, 4) is 16.9 Å². The van der Waals surface area contributed by atoms with Gasteiger partial charge in [0.2, 0.25) is 0 Å². The number of hydrogen-bond donors (Lipinski definition) is 1. The first-order valence-electron chi connectivity index (χ1n) is 6.61. The maximum absolute atomic E-state index is 13.0. The molecule has 0 saturated carbocycles. The summed E-state index contributed by atoms with van der Waals surface area (Å²) in [7, 11) is 0. The summed E-state index contributed by atoms with van der Waals surface area (Å²) in [6.45, 7) is 4.05. The van der Waals surface area contributed by atoms with Crippen LogP contribution in [0.25, 0.3) is 16.9 Å². The number of halogens is 1. The average Bonchev–Trinajstić information content (AvgIpc) is 2.82. The first-order valence-corrected chi connectivity index (χ1v) is 6.61. The van der Waals surface area contributed by atoms with E-state index < -0.39 is 0 Å². The van der Waals surface area contributed by atoms with Gasteiger partial charge in [-0.2, -0.15) is 4.68 Å². The normalized spacial score (nSPS) is 10.8. The predicted molar refractivity (Wildman–Crippen MR) is 80.6 cm³/mol. The van der Waals surface area contributed by atoms with Crippen LogP contribution >= 0.6 is 0 Å². The SMILES string of the molecule is Cc1ccc(-c2nnn(-c3ccc(F)cc3)c2N)c(C)c1. The second-order valence-electron chi connectivity index (χ2n) is 5.03. The van der Waals surface area contributed by atoms with E-state index in [-0.39, 0.29) is 5.82 Å². The zero-order chi connectivity index (χ0) is 15.0. The van der Waals surface area contributed by atoms with E-state index in [1.54, 1.807) is 12.1 Å². The quantitative estimate of drug-likeness (QED) is 0.784. The molecule has 106 valence electrons. The summed E-state index contributed by atoms with van der Waals surface area (Å²) in [5.74, 6) is 0.139. The van der Waals surface area contributed by atoms with Crippen LogP contribution in [0.3, 0.4) is 0 Å². The van der Waals surface area contributed by atoms with Gasteiger partial charge in [-0.1, -0.05) is 29.0 Å². The molecular weight excluding hydrogens is 267 g/mol. The Labute approximate surface area is 122 Å². The molecule has 1 heterocycles. The number of nitrogens with zero attached hydrogens (tertiary/aromatic N) is 3. The van der Waals surface area contributed by atoms with Gasteiger partial charge in [-0.05, 0) is 43.7 Å². The van der Waals surface area contributed by atoms with Gasteiger partial charge in [0.25, 0.3) is 0 Å². The average molecular weight is 282 g/mol. The van der Waals surface area contributed by atoms with Crippen LogP contribution in [0, 0.1) is 19.7 Å². The molecule has 0 saturated heterocycles. The van der Waals surface area contributed by atoms with Crippen LogP contribution in [0.1, 0.15) is 11.1 Å². The minimum atomic E-state index is -0.299. The molecule has 0 amide bonds. The van der Waals surface area contributed by atoms with Crippen molar-refractivity contribution in [2.75, 3.05) is 5.73 Å². The van der Waals surface area contributed by atoms with Gasteiger partial charge < -0.3 is 5.73 Å². The second kappa shape index (κ2) is 5.01. The fraction of sp³-hybridized carbons (Fsp3) is 0.125. The zero-order valence-corrected chi connectivity index (χ0v) is 11.8. The second-order valence-corrected chi connectivity index (χ2v) is 5.03. The van der Waals surface area contributed by atoms with E-state index in [0.717, 1.165) is 11.1 Å². The molecule has 21 heavy (non-hydrogen) atoms. The minimum absolute atomic E-state index is 0.299. The van der Waals surface area contributed by atoms with E-state index in [1.807, 2.05) is 26.0 Å². The molecular formula is C16H15FN4. The third-order valence-corrected chi connectivity index (χ3v) is 3.41. The van der Waals surface area contributed by atoms with Crippen LogP contribution in [0.15, 0.2) is 42.5 Å². The molecule has 2 aromatic carbocycles. The van der Waals surface area contributed by atoms with Crippen molar-refractivity contribution < 1.29 is 4.39 Å². The first-order chi connectivity index (χ1) is 10.1. The monoisotopic (exact) mass is 282 g/mol. The van der Waals surface area contributed by atoms with Crippen molar-refractivity contribution >= 4 is 5.82 Å². The van der Waals surface area contributed by atoms with Crippen molar-refractivity contribution in [2.24, 2.45) is 0 Å². The van der Waals surface area contributed by atoms with Gasteiger partial charge in [0.05, 0.1) is 5.69 Å². The lowest BCUT2D eigenvalue weighted by Gasteiger charge is -2.06. The molecule has 0 bridgehead atoms. The van der Waals surface area contributed by atoms with E-state index >= 15 is 0 Å². The largest absolute Gasteiger partial charge is 0.382 e. The summed E-state index contributed by atoms with van der Waals surface area (Å²) in [4.78, 5) is 0. The Balaban J connectivity index is 2.09. The van der Waals surface area contributed by atoms with Gasteiger partial charge in [0, 0.05) is 5.56 Å². The number of aryl methyl sites for hydroxylation is 2. The lowest BCUT2D eigenvalue weighted by atomic mass is 10.0. The predicted octanol–water partition coefficient (Wildman–Crippen LogP) is 3.27. The highest BCUT2D eigenvalue weighted by molar-refractivity contribution is 5.73. The summed E-state index contributed by atoms with van der Waals surface area (Å²) in [6.07, 6.45) is 0. The summed E-state index contributed by atoms with van der Waals surface area (Å²) in [6, 6.07) is 12.0. The molecule has 0 aliphatic rings. The lowest BCUT2D eigenvalue weighted by Crippen LogP contribution is -2.02. The molecule has 3 rings (SSSR count). The summed E-state index contributed by atoms with van der Waals surface area (Å²) in [5.41, 5.74) is 10.7. The van der Waals surface area contributed by atoms with Crippen LogP contribution in [0.2, 0.25) is 0 Å². The van der Waals surface area contributed by atoms with Crippen LogP contribution < -0.4 is 5.73 Å². The molecule has 0 atom stereocenters. The topological polar surface area (TPSA) is 56.7 Å². The van der Waals surface area contributed by atoms with Crippen LogP contribution in [0.4, 0.5) is 10.2 Å². The number of nitrogens with two attached hydrogens (primary N) is 1. The summed E-state index contributed by atoms with van der Waals surface area (Å²) < 4.78 is 14.5. The molecule has 0 radical (unpaired) electrons. The highest BCUT2D eigenvalue weighted by Crippen LogP contribution is 2.28. The van der Waals surface area contributed by atoms with Gasteiger partial charge >= 0.3 is 0 Å².